The van der Waals surface area contributed by atoms with Gasteiger partial charge >= 0.3 is 12.1 Å². The maximum atomic E-state index is 13.5. The average Bonchev–Trinajstić information content (AvgIpc) is 3.05. The van der Waals surface area contributed by atoms with E-state index in [1.807, 2.05) is 75.5 Å². The highest BCUT2D eigenvalue weighted by atomic mass is 16.6. The minimum Gasteiger partial charge on any atom is -0.492 e. The summed E-state index contributed by atoms with van der Waals surface area (Å²) in [5, 5.41) is 10.5. The molecule has 1 aliphatic heterocycles. The van der Waals surface area contributed by atoms with E-state index in [2.05, 4.69) is 33.0 Å². The first-order valence-electron chi connectivity index (χ1n) is 15.7. The second-order valence-electron chi connectivity index (χ2n) is 12.3. The largest absolute Gasteiger partial charge is 0.492 e. The molecule has 1 saturated heterocycles. The molecule has 0 saturated carbocycles. The Bertz CT molecular complexity index is 1700. The van der Waals surface area contributed by atoms with Crippen LogP contribution in [0, 0.1) is 0 Å². The van der Waals surface area contributed by atoms with E-state index < -0.39 is 12.1 Å². The van der Waals surface area contributed by atoms with Gasteiger partial charge in [-0.3, -0.25) is 15.2 Å². The molecular formula is C36H43N5O6. The van der Waals surface area contributed by atoms with Gasteiger partial charge in [-0.1, -0.05) is 57.2 Å². The van der Waals surface area contributed by atoms with Crippen molar-refractivity contribution in [3.63, 3.8) is 0 Å². The van der Waals surface area contributed by atoms with E-state index in [0.717, 1.165) is 66.0 Å². The van der Waals surface area contributed by atoms with Crippen molar-refractivity contribution in [1.29, 1.82) is 0 Å². The van der Waals surface area contributed by atoms with Crippen LogP contribution in [0.1, 0.15) is 32.0 Å². The van der Waals surface area contributed by atoms with Crippen LogP contribution >= 0.6 is 0 Å². The number of methoxy groups -OCH3 is 2. The Balaban J connectivity index is 1.37. The van der Waals surface area contributed by atoms with Crippen molar-refractivity contribution in [3.8, 4) is 16.9 Å². The fraction of sp³-hybridized carbons (Fsp3) is 0.361. The quantitative estimate of drug-likeness (QED) is 0.160. The summed E-state index contributed by atoms with van der Waals surface area (Å²) in [6.45, 7) is 10.6. The fourth-order valence-electron chi connectivity index (χ4n) is 5.43. The number of carbonyl (C=O) groups is 2. The molecule has 11 heteroatoms. The topological polar surface area (TPSA) is 123 Å². The van der Waals surface area contributed by atoms with Crippen molar-refractivity contribution in [1.82, 2.24) is 9.88 Å². The van der Waals surface area contributed by atoms with Crippen LogP contribution in [-0.4, -0.2) is 75.7 Å². The number of fused-ring (bicyclic) bond motifs is 1. The first kappa shape index (κ1) is 33.6. The van der Waals surface area contributed by atoms with Gasteiger partial charge in [0, 0.05) is 43.9 Å². The van der Waals surface area contributed by atoms with Crippen LogP contribution in [0.4, 0.5) is 26.7 Å². The Kier molecular flexibility index (Phi) is 10.9. The van der Waals surface area contributed by atoms with E-state index in [-0.39, 0.29) is 18.6 Å². The van der Waals surface area contributed by atoms with Gasteiger partial charge in [-0.2, -0.15) is 0 Å². The highest BCUT2D eigenvalue weighted by Gasteiger charge is 2.22. The lowest BCUT2D eigenvalue weighted by molar-refractivity contribution is 0.0336. The number of carbonyl (C=O) groups excluding carboxylic acids is 2. The molecule has 3 aromatic carbocycles. The summed E-state index contributed by atoms with van der Waals surface area (Å²) in [5.74, 6) is 0.293. The minimum absolute atomic E-state index is 0.0978. The summed E-state index contributed by atoms with van der Waals surface area (Å²) in [6.07, 6.45) is 1.25. The van der Waals surface area contributed by atoms with Crippen LogP contribution < -0.4 is 20.7 Å². The van der Waals surface area contributed by atoms with Crippen LogP contribution in [0.5, 0.6) is 5.75 Å². The third-order valence-electron chi connectivity index (χ3n) is 7.96. The number of anilines is 3. The summed E-state index contributed by atoms with van der Waals surface area (Å²) in [5.41, 5.74) is 5.02. The average molecular weight is 642 g/mol. The molecule has 0 atom stereocenters. The number of urea groups is 1. The number of ether oxygens (including phenoxy) is 4. The number of hydrogen-bond donors (Lipinski definition) is 3. The van der Waals surface area contributed by atoms with Gasteiger partial charge in [0.1, 0.15) is 6.61 Å². The number of benzene rings is 3. The number of pyridine rings is 1. The van der Waals surface area contributed by atoms with Crippen LogP contribution in [-0.2, 0) is 26.2 Å². The SMILES string of the molecule is COCCOC(=O)Nc1cc(C(C)(C)C)cc(NC(=O)Nc2ccc(-c3ccc(CN4CCOCC4)nc3)c3ccccc23)c1OC. The molecule has 3 amide bonds. The lowest BCUT2D eigenvalue weighted by atomic mass is 9.86. The molecule has 4 aromatic rings. The number of morpholine rings is 1. The fourth-order valence-corrected chi connectivity index (χ4v) is 5.43. The molecule has 1 aliphatic rings. The Morgan fingerprint density at radius 1 is 0.872 bits per heavy atom. The van der Waals surface area contributed by atoms with E-state index >= 15 is 0 Å². The molecule has 0 spiro atoms. The second-order valence-corrected chi connectivity index (χ2v) is 12.3. The van der Waals surface area contributed by atoms with Crippen molar-refractivity contribution < 1.29 is 28.5 Å². The summed E-state index contributed by atoms with van der Waals surface area (Å²) in [4.78, 5) is 33.1. The Morgan fingerprint density at radius 3 is 2.23 bits per heavy atom. The molecule has 0 radical (unpaired) electrons. The third kappa shape index (κ3) is 8.56. The predicted molar refractivity (Wildman–Crippen MR) is 184 cm³/mol. The Hall–Kier alpha value is -4.71. The number of nitrogens with one attached hydrogen (secondary N) is 3. The van der Waals surface area contributed by atoms with Gasteiger partial charge in [0.05, 0.1) is 49.7 Å². The van der Waals surface area contributed by atoms with E-state index in [1.54, 1.807) is 0 Å². The van der Waals surface area contributed by atoms with E-state index in [9.17, 15) is 9.59 Å². The first-order valence-corrected chi connectivity index (χ1v) is 15.7. The molecule has 47 heavy (non-hydrogen) atoms. The molecule has 1 fully saturated rings. The Morgan fingerprint density at radius 2 is 1.57 bits per heavy atom. The highest BCUT2D eigenvalue weighted by molar-refractivity contribution is 6.10. The maximum Gasteiger partial charge on any atom is 0.411 e. The second kappa shape index (κ2) is 15.3. The summed E-state index contributed by atoms with van der Waals surface area (Å²) in [6, 6.07) is 19.2. The molecule has 248 valence electrons. The monoisotopic (exact) mass is 641 g/mol. The van der Waals surface area contributed by atoms with Crippen LogP contribution in [0.15, 0.2) is 66.9 Å². The van der Waals surface area contributed by atoms with Gasteiger partial charge in [0.25, 0.3) is 0 Å². The number of amides is 3. The first-order chi connectivity index (χ1) is 22.7. The van der Waals surface area contributed by atoms with Gasteiger partial charge in [-0.25, -0.2) is 9.59 Å². The van der Waals surface area contributed by atoms with Crippen molar-refractivity contribution in [2.75, 3.05) is 69.7 Å². The zero-order valence-corrected chi connectivity index (χ0v) is 27.6. The standard InChI is InChI=1S/C36H43N5O6/c1-36(2,3)25-20-31(33(45-5)32(21-25)40-35(43)47-19-18-44-4)39-34(42)38-30-13-12-27(28-8-6-7-9-29(28)30)24-10-11-26(37-22-24)23-41-14-16-46-17-15-41/h6-13,20-22H,14-19,23H2,1-5H3,(H,40,43)(H2,38,39,42). The molecule has 5 rings (SSSR count). The van der Waals surface area contributed by atoms with Gasteiger partial charge in [0.15, 0.2) is 5.75 Å². The van der Waals surface area contributed by atoms with Gasteiger partial charge in [-0.15, -0.1) is 0 Å². The number of hydrogen-bond acceptors (Lipinski definition) is 8. The molecule has 0 unspecified atom stereocenters. The maximum absolute atomic E-state index is 13.5. The van der Waals surface area contributed by atoms with Gasteiger partial charge < -0.3 is 29.6 Å². The molecule has 0 aliphatic carbocycles. The predicted octanol–water partition coefficient (Wildman–Crippen LogP) is 6.88. The highest BCUT2D eigenvalue weighted by Crippen LogP contribution is 2.39. The molecule has 11 nitrogen and oxygen atoms in total. The molecule has 3 N–H and O–H groups in total. The summed E-state index contributed by atoms with van der Waals surface area (Å²) >= 11 is 0. The van der Waals surface area contributed by atoms with E-state index in [4.69, 9.17) is 23.9 Å². The van der Waals surface area contributed by atoms with E-state index in [1.165, 1.54) is 14.2 Å². The van der Waals surface area contributed by atoms with Crippen molar-refractivity contribution >= 4 is 40.0 Å². The summed E-state index contributed by atoms with van der Waals surface area (Å²) in [7, 11) is 3.01. The van der Waals surface area contributed by atoms with Gasteiger partial charge in [-0.05, 0) is 46.2 Å². The van der Waals surface area contributed by atoms with Crippen LogP contribution in [0.2, 0.25) is 0 Å². The smallest absolute Gasteiger partial charge is 0.411 e. The Labute approximate surface area is 275 Å². The normalized spacial score (nSPS) is 13.6. The molecule has 2 heterocycles. The van der Waals surface area contributed by atoms with Crippen LogP contribution in [0.3, 0.4) is 0 Å². The zero-order valence-electron chi connectivity index (χ0n) is 27.6. The lowest BCUT2D eigenvalue weighted by Crippen LogP contribution is -2.35. The number of nitrogens with zero attached hydrogens (tertiary/aromatic N) is 2. The van der Waals surface area contributed by atoms with Gasteiger partial charge in [0.2, 0.25) is 0 Å². The third-order valence-corrected chi connectivity index (χ3v) is 7.96. The number of rotatable bonds is 10. The zero-order chi connectivity index (χ0) is 33.4. The summed E-state index contributed by atoms with van der Waals surface area (Å²) < 4.78 is 21.3. The molecule has 1 aromatic heterocycles. The van der Waals surface area contributed by atoms with Crippen molar-refractivity contribution in [3.05, 3.63) is 78.1 Å². The molecular weight excluding hydrogens is 598 g/mol. The van der Waals surface area contributed by atoms with Crippen molar-refractivity contribution in [2.45, 2.75) is 32.7 Å². The van der Waals surface area contributed by atoms with Crippen LogP contribution in [0.25, 0.3) is 21.9 Å². The minimum atomic E-state index is -0.657. The number of aromatic nitrogens is 1. The van der Waals surface area contributed by atoms with E-state index in [0.29, 0.717) is 22.8 Å². The van der Waals surface area contributed by atoms with Crippen molar-refractivity contribution in [2.24, 2.45) is 0 Å². The molecule has 0 bridgehead atoms. The lowest BCUT2D eigenvalue weighted by Gasteiger charge is -2.26.